The van der Waals surface area contributed by atoms with Gasteiger partial charge in [-0.05, 0) is 54.3 Å². The standard InChI is InChI=1S/C27H26ClN5O2/c1-17-3-7-20(8-4-17)24-16-23(19-9-11-21(28)12-10-19)29-27-31-26(32-33(24)27)30-25(34)15-18-5-13-22(35-2)14-6-18/h3-14,23-24H,15-16H2,1-2H3,(H2,29,30,31,32,34)/t23-,24-/m0/s1. The van der Waals surface area contributed by atoms with Crippen LogP contribution >= 0.6 is 11.6 Å². The number of hydrogen-bond acceptors (Lipinski definition) is 5. The molecular weight excluding hydrogens is 462 g/mol. The van der Waals surface area contributed by atoms with E-state index in [1.165, 1.54) is 5.56 Å². The molecule has 3 aromatic carbocycles. The summed E-state index contributed by atoms with van der Waals surface area (Å²) in [7, 11) is 1.61. The lowest BCUT2D eigenvalue weighted by molar-refractivity contribution is -0.115. The molecule has 0 fully saturated rings. The predicted octanol–water partition coefficient (Wildman–Crippen LogP) is 5.58. The van der Waals surface area contributed by atoms with Crippen LogP contribution in [0.4, 0.5) is 11.9 Å². The van der Waals surface area contributed by atoms with Crippen molar-refractivity contribution in [1.82, 2.24) is 14.8 Å². The Bertz CT molecular complexity index is 1320. The minimum absolute atomic E-state index is 0.0260. The number of aryl methyl sites for hydroxylation is 1. The summed E-state index contributed by atoms with van der Waals surface area (Å²) in [4.78, 5) is 17.3. The van der Waals surface area contributed by atoms with Crippen LogP contribution in [0.3, 0.4) is 0 Å². The van der Waals surface area contributed by atoms with E-state index in [-0.39, 0.29) is 30.4 Å². The van der Waals surface area contributed by atoms with Gasteiger partial charge in [0.05, 0.1) is 25.6 Å². The third kappa shape index (κ3) is 5.15. The Labute approximate surface area is 209 Å². The van der Waals surface area contributed by atoms with Gasteiger partial charge in [-0.3, -0.25) is 10.1 Å². The molecule has 7 nitrogen and oxygen atoms in total. The molecule has 1 aromatic heterocycles. The van der Waals surface area contributed by atoms with E-state index in [9.17, 15) is 4.79 Å². The Hall–Kier alpha value is -3.84. The third-order valence-electron chi connectivity index (χ3n) is 6.20. The number of amides is 1. The van der Waals surface area contributed by atoms with Crippen molar-refractivity contribution in [1.29, 1.82) is 0 Å². The molecule has 0 bridgehead atoms. The first kappa shape index (κ1) is 22.9. The largest absolute Gasteiger partial charge is 0.497 e. The van der Waals surface area contributed by atoms with Gasteiger partial charge < -0.3 is 10.1 Å². The number of ether oxygens (including phenoxy) is 1. The molecule has 0 unspecified atom stereocenters. The van der Waals surface area contributed by atoms with Gasteiger partial charge in [-0.25, -0.2) is 4.68 Å². The van der Waals surface area contributed by atoms with Crippen molar-refractivity contribution in [3.05, 3.63) is 100 Å². The number of benzene rings is 3. The second kappa shape index (κ2) is 9.80. The molecule has 0 radical (unpaired) electrons. The van der Waals surface area contributed by atoms with E-state index in [1.807, 2.05) is 53.2 Å². The van der Waals surface area contributed by atoms with Crippen LogP contribution in [0.5, 0.6) is 5.75 Å². The molecule has 178 valence electrons. The average Bonchev–Trinajstić information content (AvgIpc) is 3.27. The second-order valence-electron chi connectivity index (χ2n) is 8.69. The van der Waals surface area contributed by atoms with Gasteiger partial charge in [0.1, 0.15) is 5.75 Å². The monoisotopic (exact) mass is 487 g/mol. The summed E-state index contributed by atoms with van der Waals surface area (Å²) in [6, 6.07) is 23.7. The van der Waals surface area contributed by atoms with Crippen molar-refractivity contribution in [3.63, 3.8) is 0 Å². The van der Waals surface area contributed by atoms with Crippen LogP contribution in [-0.2, 0) is 11.2 Å². The number of nitrogens with zero attached hydrogens (tertiary/aromatic N) is 3. The Morgan fingerprint density at radius 1 is 1.06 bits per heavy atom. The number of rotatable bonds is 6. The smallest absolute Gasteiger partial charge is 0.250 e. The van der Waals surface area contributed by atoms with Crippen molar-refractivity contribution in [2.75, 3.05) is 17.7 Å². The van der Waals surface area contributed by atoms with Gasteiger partial charge >= 0.3 is 0 Å². The highest BCUT2D eigenvalue weighted by molar-refractivity contribution is 6.30. The maximum Gasteiger partial charge on any atom is 0.250 e. The van der Waals surface area contributed by atoms with Crippen LogP contribution in [0.15, 0.2) is 72.8 Å². The van der Waals surface area contributed by atoms with Gasteiger partial charge in [-0.2, -0.15) is 4.98 Å². The number of methoxy groups -OCH3 is 1. The van der Waals surface area contributed by atoms with Crippen LogP contribution < -0.4 is 15.4 Å². The van der Waals surface area contributed by atoms with E-state index >= 15 is 0 Å². The first-order valence-corrected chi connectivity index (χ1v) is 11.8. The van der Waals surface area contributed by atoms with Crippen molar-refractivity contribution in [2.45, 2.75) is 31.8 Å². The summed E-state index contributed by atoms with van der Waals surface area (Å²) in [6.45, 7) is 2.07. The number of halogens is 1. The fraction of sp³-hybridized carbons (Fsp3) is 0.222. The summed E-state index contributed by atoms with van der Waals surface area (Å²) in [5.74, 6) is 1.46. The molecule has 35 heavy (non-hydrogen) atoms. The topological polar surface area (TPSA) is 81.1 Å². The van der Waals surface area contributed by atoms with Crippen molar-refractivity contribution >= 4 is 29.4 Å². The molecule has 1 aliphatic rings. The zero-order valence-electron chi connectivity index (χ0n) is 19.5. The second-order valence-corrected chi connectivity index (χ2v) is 9.12. The van der Waals surface area contributed by atoms with Crippen molar-refractivity contribution in [2.24, 2.45) is 0 Å². The van der Waals surface area contributed by atoms with E-state index in [1.54, 1.807) is 7.11 Å². The van der Waals surface area contributed by atoms with Gasteiger partial charge in [-0.15, -0.1) is 5.10 Å². The molecule has 2 heterocycles. The van der Waals surface area contributed by atoms with Gasteiger partial charge in [0.15, 0.2) is 0 Å². The molecule has 2 N–H and O–H groups in total. The number of nitrogens with one attached hydrogen (secondary N) is 2. The Morgan fingerprint density at radius 3 is 2.43 bits per heavy atom. The molecular formula is C27H26ClN5O2. The van der Waals surface area contributed by atoms with E-state index in [0.29, 0.717) is 11.0 Å². The molecule has 1 aliphatic heterocycles. The fourth-order valence-corrected chi connectivity index (χ4v) is 4.43. The normalized spacial score (nSPS) is 16.8. The zero-order valence-corrected chi connectivity index (χ0v) is 20.3. The highest BCUT2D eigenvalue weighted by Gasteiger charge is 2.31. The highest BCUT2D eigenvalue weighted by Crippen LogP contribution is 2.38. The molecule has 0 spiro atoms. The number of fused-ring (bicyclic) bond motifs is 1. The maximum atomic E-state index is 12.7. The van der Waals surface area contributed by atoms with E-state index in [4.69, 9.17) is 16.3 Å². The lowest BCUT2D eigenvalue weighted by Crippen LogP contribution is -2.28. The minimum atomic E-state index is -0.181. The summed E-state index contributed by atoms with van der Waals surface area (Å²) >= 11 is 6.10. The summed E-state index contributed by atoms with van der Waals surface area (Å²) in [5, 5.41) is 11.7. The van der Waals surface area contributed by atoms with E-state index in [2.05, 4.69) is 51.9 Å². The number of carbonyl (C=O) groups is 1. The van der Waals surface area contributed by atoms with Gasteiger partial charge in [-0.1, -0.05) is 65.7 Å². The van der Waals surface area contributed by atoms with Crippen LogP contribution in [0.1, 0.15) is 40.8 Å². The van der Waals surface area contributed by atoms with Crippen molar-refractivity contribution in [3.8, 4) is 5.75 Å². The lowest BCUT2D eigenvalue weighted by Gasteiger charge is -2.31. The molecule has 4 aromatic rings. The summed E-state index contributed by atoms with van der Waals surface area (Å²) < 4.78 is 7.04. The lowest BCUT2D eigenvalue weighted by atomic mass is 9.93. The number of anilines is 2. The predicted molar refractivity (Wildman–Crippen MR) is 137 cm³/mol. The molecule has 0 saturated heterocycles. The first-order valence-electron chi connectivity index (χ1n) is 11.5. The SMILES string of the molecule is COc1ccc(CC(=O)Nc2nc3n(n2)[C@H](c2ccc(C)cc2)C[C@@H](c2ccc(Cl)cc2)N3)cc1. The molecule has 2 atom stereocenters. The van der Waals surface area contributed by atoms with Crippen molar-refractivity contribution < 1.29 is 9.53 Å². The maximum absolute atomic E-state index is 12.7. The molecule has 8 heteroatoms. The Morgan fingerprint density at radius 2 is 1.74 bits per heavy atom. The fourth-order valence-electron chi connectivity index (χ4n) is 4.31. The van der Waals surface area contributed by atoms with E-state index < -0.39 is 0 Å². The van der Waals surface area contributed by atoms with Crippen LogP contribution in [0.2, 0.25) is 5.02 Å². The number of aromatic nitrogens is 3. The third-order valence-corrected chi connectivity index (χ3v) is 6.45. The molecule has 1 amide bonds. The molecule has 5 rings (SSSR count). The Kier molecular flexibility index (Phi) is 6.42. The number of carbonyl (C=O) groups excluding carboxylic acids is 1. The summed E-state index contributed by atoms with van der Waals surface area (Å²) in [6.07, 6.45) is 0.996. The zero-order chi connectivity index (χ0) is 24.4. The van der Waals surface area contributed by atoms with Gasteiger partial charge in [0.25, 0.3) is 5.95 Å². The number of hydrogen-bond donors (Lipinski definition) is 2. The van der Waals surface area contributed by atoms with Gasteiger partial charge in [0.2, 0.25) is 11.9 Å². The molecule has 0 aliphatic carbocycles. The highest BCUT2D eigenvalue weighted by atomic mass is 35.5. The van der Waals surface area contributed by atoms with Crippen LogP contribution in [-0.4, -0.2) is 27.8 Å². The van der Waals surface area contributed by atoms with Crippen LogP contribution in [0.25, 0.3) is 0 Å². The quantitative estimate of drug-likeness (QED) is 0.371. The Balaban J connectivity index is 1.40. The minimum Gasteiger partial charge on any atom is -0.497 e. The van der Waals surface area contributed by atoms with E-state index in [0.717, 1.165) is 28.9 Å². The first-order chi connectivity index (χ1) is 17.0. The molecule has 0 saturated carbocycles. The van der Waals surface area contributed by atoms with Gasteiger partial charge in [0, 0.05) is 5.02 Å². The summed E-state index contributed by atoms with van der Waals surface area (Å²) in [5.41, 5.74) is 4.33. The van der Waals surface area contributed by atoms with Crippen LogP contribution in [0, 0.1) is 6.92 Å². The average molecular weight is 488 g/mol.